The molecular weight excluding hydrogens is 593 g/mol. The van der Waals surface area contributed by atoms with Crippen molar-refractivity contribution in [2.24, 2.45) is 0 Å². The summed E-state index contributed by atoms with van der Waals surface area (Å²) < 4.78 is 0. The highest BCUT2D eigenvalue weighted by molar-refractivity contribution is 5.96. The predicted octanol–water partition coefficient (Wildman–Crippen LogP) is 11.5. The number of fused-ring (bicyclic) bond motifs is 10. The van der Waals surface area contributed by atoms with Crippen molar-refractivity contribution in [2.45, 2.75) is 5.41 Å². The molecule has 2 heteroatoms. The second-order valence-electron chi connectivity index (χ2n) is 12.9. The van der Waals surface area contributed by atoms with Crippen molar-refractivity contribution in [1.29, 1.82) is 0 Å². The first-order valence-corrected chi connectivity index (χ1v) is 16.8. The highest BCUT2D eigenvalue weighted by atomic mass is 14.9. The lowest BCUT2D eigenvalue weighted by Crippen LogP contribution is -2.25. The maximum Gasteiger partial charge on any atom is 0.160 e. The molecule has 0 atom stereocenters. The van der Waals surface area contributed by atoms with Gasteiger partial charge in [0.05, 0.1) is 16.8 Å². The Morgan fingerprint density at radius 1 is 0.286 bits per heavy atom. The van der Waals surface area contributed by atoms with E-state index >= 15 is 0 Å². The van der Waals surface area contributed by atoms with Gasteiger partial charge in [-0.15, -0.1) is 0 Å². The molecule has 0 saturated carbocycles. The third-order valence-corrected chi connectivity index (χ3v) is 10.3. The third-order valence-electron chi connectivity index (χ3n) is 10.3. The Balaban J connectivity index is 1.08. The van der Waals surface area contributed by atoms with Gasteiger partial charge in [0.25, 0.3) is 0 Å². The molecule has 49 heavy (non-hydrogen) atoms. The van der Waals surface area contributed by atoms with Crippen LogP contribution in [0.2, 0.25) is 0 Å². The summed E-state index contributed by atoms with van der Waals surface area (Å²) in [6.07, 6.45) is 0. The van der Waals surface area contributed by atoms with Crippen LogP contribution in [0.3, 0.4) is 0 Å². The Morgan fingerprint density at radius 3 is 1.22 bits per heavy atom. The van der Waals surface area contributed by atoms with E-state index < -0.39 is 0 Å². The Bertz CT molecular complexity index is 2430. The monoisotopic (exact) mass is 622 g/mol. The Kier molecular flexibility index (Phi) is 6.13. The first-order chi connectivity index (χ1) is 24.3. The topological polar surface area (TPSA) is 25.8 Å². The lowest BCUT2D eigenvalue weighted by Gasteiger charge is -2.30. The summed E-state index contributed by atoms with van der Waals surface area (Å²) in [5, 5.41) is 0. The maximum absolute atomic E-state index is 5.04. The molecule has 8 aromatic rings. The Hall–Kier alpha value is -6.38. The van der Waals surface area contributed by atoms with E-state index in [1.807, 2.05) is 12.1 Å². The summed E-state index contributed by atoms with van der Waals surface area (Å²) in [5.74, 6) is 0.718. The number of aromatic nitrogens is 2. The van der Waals surface area contributed by atoms with Crippen LogP contribution in [0.5, 0.6) is 0 Å². The molecule has 0 radical (unpaired) electrons. The second kappa shape index (κ2) is 10.8. The molecule has 0 saturated heterocycles. The van der Waals surface area contributed by atoms with Gasteiger partial charge in [-0.2, -0.15) is 0 Å². The molecule has 10 rings (SSSR count). The van der Waals surface area contributed by atoms with Crippen LogP contribution in [0.4, 0.5) is 0 Å². The summed E-state index contributed by atoms with van der Waals surface area (Å²) in [6.45, 7) is 0. The van der Waals surface area contributed by atoms with Gasteiger partial charge in [0, 0.05) is 16.7 Å². The summed E-state index contributed by atoms with van der Waals surface area (Å²) in [6, 6.07) is 65.4. The molecule has 0 fully saturated rings. The van der Waals surface area contributed by atoms with E-state index in [0.29, 0.717) is 0 Å². The summed E-state index contributed by atoms with van der Waals surface area (Å²) >= 11 is 0. The molecule has 228 valence electrons. The van der Waals surface area contributed by atoms with E-state index in [1.54, 1.807) is 0 Å². The minimum atomic E-state index is -0.320. The fraction of sp³-hybridized carbons (Fsp3) is 0.0213. The van der Waals surface area contributed by atoms with Crippen molar-refractivity contribution in [3.8, 4) is 67.3 Å². The number of hydrogen-bond donors (Lipinski definition) is 0. The number of rotatable bonds is 4. The smallest absolute Gasteiger partial charge is 0.160 e. The molecule has 0 N–H and O–H groups in total. The SMILES string of the molecule is c1ccc(-c2cc(-c3ccccc3)nc(-c3ccc(-c4ccc5c(c4)-c4ccccc4C54c5ccccc5-c5ccccc54)cc3)n2)cc1. The second-order valence-corrected chi connectivity index (χ2v) is 12.9. The van der Waals surface area contributed by atoms with Crippen molar-refractivity contribution in [2.75, 3.05) is 0 Å². The molecule has 2 aliphatic carbocycles. The van der Waals surface area contributed by atoms with Gasteiger partial charge in [0.2, 0.25) is 0 Å². The minimum Gasteiger partial charge on any atom is -0.228 e. The van der Waals surface area contributed by atoms with Crippen LogP contribution in [0.15, 0.2) is 182 Å². The number of hydrogen-bond acceptors (Lipinski definition) is 2. The molecule has 1 aromatic heterocycles. The lowest BCUT2D eigenvalue weighted by atomic mass is 9.70. The number of nitrogens with zero attached hydrogens (tertiary/aromatic N) is 2. The van der Waals surface area contributed by atoms with Crippen LogP contribution < -0.4 is 0 Å². The predicted molar refractivity (Wildman–Crippen MR) is 200 cm³/mol. The molecule has 2 nitrogen and oxygen atoms in total. The molecule has 7 aromatic carbocycles. The molecule has 2 aliphatic rings. The van der Waals surface area contributed by atoms with E-state index in [4.69, 9.17) is 9.97 Å². The maximum atomic E-state index is 5.04. The molecule has 0 aliphatic heterocycles. The fourth-order valence-electron chi connectivity index (χ4n) is 8.18. The van der Waals surface area contributed by atoms with Crippen molar-refractivity contribution in [3.63, 3.8) is 0 Å². The lowest BCUT2D eigenvalue weighted by molar-refractivity contribution is 0.794. The van der Waals surface area contributed by atoms with Gasteiger partial charge in [0.15, 0.2) is 5.82 Å². The molecule has 1 spiro atoms. The standard InChI is InChI=1S/C47H30N2/c1-3-13-32(14-4-1)44-30-45(33-15-5-2-6-16-33)49-46(48-44)34-25-23-31(24-26-34)35-27-28-43-39(29-35)38-19-9-12-22-42(38)47(43)40-20-10-7-17-36(40)37-18-8-11-21-41(37)47/h1-30H. The number of benzene rings is 7. The van der Waals surface area contributed by atoms with Gasteiger partial charge in [-0.05, 0) is 67.8 Å². The molecule has 0 unspecified atom stereocenters. The van der Waals surface area contributed by atoms with Crippen molar-refractivity contribution in [1.82, 2.24) is 9.97 Å². The van der Waals surface area contributed by atoms with Crippen molar-refractivity contribution in [3.05, 3.63) is 204 Å². The quantitative estimate of drug-likeness (QED) is 0.195. The van der Waals surface area contributed by atoms with Gasteiger partial charge in [-0.3, -0.25) is 0 Å². The molecule has 0 bridgehead atoms. The zero-order chi connectivity index (χ0) is 32.4. The van der Waals surface area contributed by atoms with Gasteiger partial charge in [-0.1, -0.05) is 170 Å². The van der Waals surface area contributed by atoms with E-state index in [9.17, 15) is 0 Å². The molecule has 0 amide bonds. The van der Waals surface area contributed by atoms with E-state index in [-0.39, 0.29) is 5.41 Å². The zero-order valence-corrected chi connectivity index (χ0v) is 26.7. The van der Waals surface area contributed by atoms with Crippen molar-refractivity contribution >= 4 is 0 Å². The molecular formula is C47H30N2. The van der Waals surface area contributed by atoms with Gasteiger partial charge >= 0.3 is 0 Å². The van der Waals surface area contributed by atoms with Crippen LogP contribution in [-0.4, -0.2) is 9.97 Å². The highest BCUT2D eigenvalue weighted by Gasteiger charge is 2.51. The van der Waals surface area contributed by atoms with Gasteiger partial charge in [-0.25, -0.2) is 9.97 Å². The average molecular weight is 623 g/mol. The van der Waals surface area contributed by atoms with Crippen molar-refractivity contribution < 1.29 is 0 Å². The fourth-order valence-corrected chi connectivity index (χ4v) is 8.18. The van der Waals surface area contributed by atoms with E-state index in [2.05, 4.69) is 170 Å². The van der Waals surface area contributed by atoms with Crippen LogP contribution >= 0.6 is 0 Å². The van der Waals surface area contributed by atoms with E-state index in [1.165, 1.54) is 55.6 Å². The summed E-state index contributed by atoms with van der Waals surface area (Å²) in [7, 11) is 0. The third kappa shape index (κ3) is 4.14. The first kappa shape index (κ1) is 27.7. The normalized spacial score (nSPS) is 13.1. The van der Waals surface area contributed by atoms with Crippen LogP contribution in [-0.2, 0) is 5.41 Å². The van der Waals surface area contributed by atoms with Crippen LogP contribution in [0.1, 0.15) is 22.3 Å². The van der Waals surface area contributed by atoms with E-state index in [0.717, 1.165) is 33.9 Å². The van der Waals surface area contributed by atoms with Crippen LogP contribution in [0, 0.1) is 0 Å². The Labute approximate surface area is 286 Å². The largest absolute Gasteiger partial charge is 0.228 e. The molecule has 1 heterocycles. The van der Waals surface area contributed by atoms with Gasteiger partial charge < -0.3 is 0 Å². The zero-order valence-electron chi connectivity index (χ0n) is 26.7. The summed E-state index contributed by atoms with van der Waals surface area (Å²) in [5.41, 5.74) is 17.7. The van der Waals surface area contributed by atoms with Crippen LogP contribution in [0.25, 0.3) is 67.3 Å². The average Bonchev–Trinajstić information content (AvgIpc) is 3.65. The minimum absolute atomic E-state index is 0.320. The summed E-state index contributed by atoms with van der Waals surface area (Å²) in [4.78, 5) is 10.1. The van der Waals surface area contributed by atoms with Gasteiger partial charge in [0.1, 0.15) is 0 Å². The highest BCUT2D eigenvalue weighted by Crippen LogP contribution is 2.62. The first-order valence-electron chi connectivity index (χ1n) is 16.8. The Morgan fingerprint density at radius 2 is 0.694 bits per heavy atom.